The molecule has 1 N–H and O–H groups in total. The molecule has 0 aliphatic rings. The molecule has 2 aromatic rings. The molecular weight excluding hydrogens is 240 g/mol. The lowest BCUT2D eigenvalue weighted by Crippen LogP contribution is -2.22. The molecule has 0 amide bonds. The Balaban J connectivity index is 2.37. The van der Waals surface area contributed by atoms with E-state index in [1.807, 2.05) is 35.8 Å². The Labute approximate surface area is 104 Å². The number of halogens is 1. The summed E-state index contributed by atoms with van der Waals surface area (Å²) < 4.78 is 0. The van der Waals surface area contributed by atoms with Gasteiger partial charge in [-0.3, -0.25) is 0 Å². The Morgan fingerprint density at radius 1 is 1.44 bits per heavy atom. The second kappa shape index (κ2) is 5.43. The van der Waals surface area contributed by atoms with Gasteiger partial charge in [-0.25, -0.2) is 4.98 Å². The van der Waals surface area contributed by atoms with Crippen LogP contribution in [0.3, 0.4) is 0 Å². The van der Waals surface area contributed by atoms with Crippen molar-refractivity contribution < 1.29 is 0 Å². The third kappa shape index (κ3) is 2.43. The molecule has 2 nitrogen and oxygen atoms in total. The zero-order valence-corrected chi connectivity index (χ0v) is 10.6. The highest BCUT2D eigenvalue weighted by molar-refractivity contribution is 7.09. The van der Waals surface area contributed by atoms with Gasteiger partial charge in [-0.1, -0.05) is 36.7 Å². The summed E-state index contributed by atoms with van der Waals surface area (Å²) in [7, 11) is 0. The molecule has 0 saturated heterocycles. The second-order valence-electron chi connectivity index (χ2n) is 3.38. The molecule has 16 heavy (non-hydrogen) atoms. The molecule has 0 radical (unpaired) electrons. The van der Waals surface area contributed by atoms with Crippen molar-refractivity contribution in [3.8, 4) is 0 Å². The Morgan fingerprint density at radius 2 is 2.25 bits per heavy atom. The van der Waals surface area contributed by atoms with Gasteiger partial charge < -0.3 is 5.32 Å². The molecule has 1 unspecified atom stereocenters. The topological polar surface area (TPSA) is 24.9 Å². The fraction of sp³-hybridized carbons (Fsp3) is 0.250. The maximum absolute atomic E-state index is 6.21. The number of benzene rings is 1. The van der Waals surface area contributed by atoms with E-state index in [0.717, 1.165) is 22.1 Å². The van der Waals surface area contributed by atoms with Crippen molar-refractivity contribution in [3.05, 3.63) is 51.4 Å². The van der Waals surface area contributed by atoms with Crippen LogP contribution in [-0.4, -0.2) is 11.5 Å². The monoisotopic (exact) mass is 252 g/mol. The zero-order chi connectivity index (χ0) is 11.4. The zero-order valence-electron chi connectivity index (χ0n) is 8.98. The summed E-state index contributed by atoms with van der Waals surface area (Å²) >= 11 is 7.85. The minimum Gasteiger partial charge on any atom is -0.304 e. The minimum atomic E-state index is 0.0960. The van der Waals surface area contributed by atoms with Crippen molar-refractivity contribution >= 4 is 22.9 Å². The highest BCUT2D eigenvalue weighted by Crippen LogP contribution is 2.28. The molecule has 1 atom stereocenters. The van der Waals surface area contributed by atoms with Crippen molar-refractivity contribution in [2.45, 2.75) is 13.0 Å². The fourth-order valence-electron chi connectivity index (χ4n) is 1.62. The Hall–Kier alpha value is -0.900. The van der Waals surface area contributed by atoms with Crippen LogP contribution in [0.15, 0.2) is 35.8 Å². The number of aromatic nitrogens is 1. The number of thiazole rings is 1. The minimum absolute atomic E-state index is 0.0960. The van der Waals surface area contributed by atoms with Gasteiger partial charge in [0, 0.05) is 16.6 Å². The normalized spacial score (nSPS) is 12.6. The lowest BCUT2D eigenvalue weighted by Gasteiger charge is -2.16. The third-order valence-corrected chi connectivity index (χ3v) is 3.51. The highest BCUT2D eigenvalue weighted by atomic mass is 35.5. The molecule has 0 bridgehead atoms. The smallest absolute Gasteiger partial charge is 0.114 e. The van der Waals surface area contributed by atoms with E-state index in [4.69, 9.17) is 11.6 Å². The standard InChI is InChI=1S/C12H13ClN2S/c1-2-14-11(12-15-7-8-16-12)9-5-3-4-6-10(9)13/h3-8,11,14H,2H2,1H3. The van der Waals surface area contributed by atoms with Gasteiger partial charge in [-0.05, 0) is 18.2 Å². The van der Waals surface area contributed by atoms with Crippen LogP contribution in [0.4, 0.5) is 0 Å². The van der Waals surface area contributed by atoms with Crippen molar-refractivity contribution in [2.75, 3.05) is 6.54 Å². The maximum atomic E-state index is 6.21. The van der Waals surface area contributed by atoms with Crippen LogP contribution in [0.5, 0.6) is 0 Å². The van der Waals surface area contributed by atoms with Crippen LogP contribution in [-0.2, 0) is 0 Å². The number of nitrogens with one attached hydrogen (secondary N) is 1. The number of nitrogens with zero attached hydrogens (tertiary/aromatic N) is 1. The summed E-state index contributed by atoms with van der Waals surface area (Å²) in [5, 5.41) is 7.22. The summed E-state index contributed by atoms with van der Waals surface area (Å²) in [4.78, 5) is 4.35. The molecule has 1 heterocycles. The van der Waals surface area contributed by atoms with Gasteiger partial charge in [-0.2, -0.15) is 0 Å². The molecule has 1 aromatic heterocycles. The first-order valence-corrected chi connectivity index (χ1v) is 6.46. The number of hydrogen-bond donors (Lipinski definition) is 1. The second-order valence-corrected chi connectivity index (χ2v) is 4.72. The van der Waals surface area contributed by atoms with E-state index in [0.29, 0.717) is 0 Å². The first-order valence-electron chi connectivity index (χ1n) is 5.20. The van der Waals surface area contributed by atoms with Crippen LogP contribution in [0.2, 0.25) is 5.02 Å². The van der Waals surface area contributed by atoms with Gasteiger partial charge in [0.2, 0.25) is 0 Å². The first-order chi connectivity index (χ1) is 7.83. The van der Waals surface area contributed by atoms with Crippen molar-refractivity contribution in [1.82, 2.24) is 10.3 Å². The van der Waals surface area contributed by atoms with E-state index in [1.54, 1.807) is 11.3 Å². The van der Waals surface area contributed by atoms with Crippen LogP contribution in [0.1, 0.15) is 23.5 Å². The summed E-state index contributed by atoms with van der Waals surface area (Å²) in [6, 6.07) is 7.99. The van der Waals surface area contributed by atoms with E-state index in [2.05, 4.69) is 17.2 Å². The fourth-order valence-corrected chi connectivity index (χ4v) is 2.59. The summed E-state index contributed by atoms with van der Waals surface area (Å²) in [5.41, 5.74) is 1.08. The first kappa shape index (κ1) is 11.6. The van der Waals surface area contributed by atoms with Crippen LogP contribution in [0.25, 0.3) is 0 Å². The summed E-state index contributed by atoms with van der Waals surface area (Å²) in [6.45, 7) is 2.97. The van der Waals surface area contributed by atoms with E-state index in [1.165, 1.54) is 0 Å². The molecule has 84 valence electrons. The van der Waals surface area contributed by atoms with Gasteiger partial charge >= 0.3 is 0 Å². The largest absolute Gasteiger partial charge is 0.304 e. The van der Waals surface area contributed by atoms with Gasteiger partial charge in [-0.15, -0.1) is 11.3 Å². The van der Waals surface area contributed by atoms with Crippen LogP contribution >= 0.6 is 22.9 Å². The van der Waals surface area contributed by atoms with Crippen molar-refractivity contribution in [3.63, 3.8) is 0 Å². The Kier molecular flexibility index (Phi) is 3.93. The van der Waals surface area contributed by atoms with Crippen LogP contribution in [0, 0.1) is 0 Å². The molecule has 4 heteroatoms. The van der Waals surface area contributed by atoms with Gasteiger partial charge in [0.15, 0.2) is 0 Å². The van der Waals surface area contributed by atoms with Gasteiger partial charge in [0.25, 0.3) is 0 Å². The van der Waals surface area contributed by atoms with Gasteiger partial charge in [0.05, 0.1) is 6.04 Å². The average Bonchev–Trinajstić information content (AvgIpc) is 2.80. The molecular formula is C12H13ClN2S. The van der Waals surface area contributed by atoms with E-state index < -0.39 is 0 Å². The predicted molar refractivity (Wildman–Crippen MR) is 69.1 cm³/mol. The predicted octanol–water partition coefficient (Wildman–Crippen LogP) is 3.50. The molecule has 0 spiro atoms. The van der Waals surface area contributed by atoms with E-state index in [9.17, 15) is 0 Å². The summed E-state index contributed by atoms with van der Waals surface area (Å²) in [6.07, 6.45) is 1.82. The quantitative estimate of drug-likeness (QED) is 0.901. The number of hydrogen-bond acceptors (Lipinski definition) is 3. The number of rotatable bonds is 4. The van der Waals surface area contributed by atoms with Crippen molar-refractivity contribution in [1.29, 1.82) is 0 Å². The lowest BCUT2D eigenvalue weighted by atomic mass is 10.1. The Morgan fingerprint density at radius 3 is 2.88 bits per heavy atom. The van der Waals surface area contributed by atoms with E-state index >= 15 is 0 Å². The maximum Gasteiger partial charge on any atom is 0.114 e. The average molecular weight is 253 g/mol. The summed E-state index contributed by atoms with van der Waals surface area (Å²) in [5.74, 6) is 0. The van der Waals surface area contributed by atoms with E-state index in [-0.39, 0.29) is 6.04 Å². The van der Waals surface area contributed by atoms with Crippen LogP contribution < -0.4 is 5.32 Å². The molecule has 2 rings (SSSR count). The SMILES string of the molecule is CCNC(c1nccs1)c1ccccc1Cl. The molecule has 1 aromatic carbocycles. The van der Waals surface area contributed by atoms with Crippen molar-refractivity contribution in [2.24, 2.45) is 0 Å². The Bertz CT molecular complexity index is 442. The molecule has 0 aliphatic carbocycles. The van der Waals surface area contributed by atoms with Gasteiger partial charge in [0.1, 0.15) is 5.01 Å². The molecule has 0 saturated carbocycles. The molecule has 0 fully saturated rings. The molecule has 0 aliphatic heterocycles. The third-order valence-electron chi connectivity index (χ3n) is 2.32. The lowest BCUT2D eigenvalue weighted by molar-refractivity contribution is 0.627. The highest BCUT2D eigenvalue weighted by Gasteiger charge is 2.17.